The molecule has 0 aromatic heterocycles. The van der Waals surface area contributed by atoms with Gasteiger partial charge in [-0.05, 0) is 50.7 Å². The van der Waals surface area contributed by atoms with E-state index in [1.807, 2.05) is 24.3 Å². The van der Waals surface area contributed by atoms with Crippen molar-refractivity contribution in [2.45, 2.75) is 44.6 Å². The quantitative estimate of drug-likeness (QED) is 0.536. The van der Waals surface area contributed by atoms with E-state index in [0.29, 0.717) is 13.2 Å². The molecule has 3 rings (SSSR count). The van der Waals surface area contributed by atoms with Gasteiger partial charge in [-0.25, -0.2) is 0 Å². The number of piperidine rings is 1. The summed E-state index contributed by atoms with van der Waals surface area (Å²) in [5.41, 5.74) is 0. The molecule has 4 nitrogen and oxygen atoms in total. The van der Waals surface area contributed by atoms with Gasteiger partial charge in [0.15, 0.2) is 17.6 Å². The Morgan fingerprint density at radius 3 is 2.67 bits per heavy atom. The van der Waals surface area contributed by atoms with Crippen LogP contribution in [0, 0.1) is 0 Å². The third kappa shape index (κ3) is 5.12. The molecule has 134 valence electrons. The predicted octanol–water partition coefficient (Wildman–Crippen LogP) is 3.64. The fourth-order valence-corrected chi connectivity index (χ4v) is 3.73. The highest BCUT2D eigenvalue weighted by molar-refractivity contribution is 5.40. The zero-order valence-corrected chi connectivity index (χ0v) is 15.0. The van der Waals surface area contributed by atoms with Crippen LogP contribution < -0.4 is 9.47 Å². The molecule has 0 amide bonds. The molecule has 2 aliphatic rings. The fourth-order valence-electron chi connectivity index (χ4n) is 3.73. The van der Waals surface area contributed by atoms with E-state index in [4.69, 9.17) is 14.2 Å². The van der Waals surface area contributed by atoms with Crippen LogP contribution >= 0.6 is 0 Å². The number of quaternary nitrogens is 1. The van der Waals surface area contributed by atoms with Crippen LogP contribution in [0.1, 0.15) is 38.5 Å². The second kappa shape index (κ2) is 8.72. The Kier molecular flexibility index (Phi) is 6.38. The van der Waals surface area contributed by atoms with Crippen LogP contribution in [0.5, 0.6) is 11.5 Å². The van der Waals surface area contributed by atoms with E-state index >= 15 is 0 Å². The maximum absolute atomic E-state index is 5.90. The third-order valence-electron chi connectivity index (χ3n) is 5.25. The van der Waals surface area contributed by atoms with E-state index in [1.165, 1.54) is 56.2 Å². The number of hydrogen-bond donors (Lipinski definition) is 0. The average molecular weight is 334 g/mol. The van der Waals surface area contributed by atoms with Gasteiger partial charge in [0.25, 0.3) is 0 Å². The van der Waals surface area contributed by atoms with Gasteiger partial charge in [-0.1, -0.05) is 12.1 Å². The topological polar surface area (TPSA) is 27.7 Å². The molecule has 0 aliphatic carbocycles. The Morgan fingerprint density at radius 1 is 1.04 bits per heavy atom. The lowest BCUT2D eigenvalue weighted by molar-refractivity contribution is -0.914. The van der Waals surface area contributed by atoms with Gasteiger partial charge >= 0.3 is 0 Å². The molecule has 0 spiro atoms. The minimum absolute atomic E-state index is 0.0118. The average Bonchev–Trinajstić information content (AvgIpc) is 2.61. The van der Waals surface area contributed by atoms with Gasteiger partial charge < -0.3 is 18.7 Å². The largest absolute Gasteiger partial charge is 0.486 e. The van der Waals surface area contributed by atoms with Gasteiger partial charge in [0, 0.05) is 6.61 Å². The first-order valence-corrected chi connectivity index (χ1v) is 9.55. The first-order chi connectivity index (χ1) is 11.8. The molecular weight excluding hydrogens is 302 g/mol. The predicted molar refractivity (Wildman–Crippen MR) is 95.7 cm³/mol. The number of nitrogens with zero attached hydrogens (tertiary/aromatic N) is 1. The highest BCUT2D eigenvalue weighted by atomic mass is 16.6. The summed E-state index contributed by atoms with van der Waals surface area (Å²) in [6.45, 7) is 6.09. The van der Waals surface area contributed by atoms with E-state index in [-0.39, 0.29) is 6.10 Å². The monoisotopic (exact) mass is 334 g/mol. The summed E-state index contributed by atoms with van der Waals surface area (Å²) in [7, 11) is 2.42. The second-order valence-electron chi connectivity index (χ2n) is 7.48. The van der Waals surface area contributed by atoms with Gasteiger partial charge in [-0.3, -0.25) is 0 Å². The first kappa shape index (κ1) is 17.6. The van der Waals surface area contributed by atoms with Crippen molar-refractivity contribution in [2.24, 2.45) is 0 Å². The van der Waals surface area contributed by atoms with Gasteiger partial charge in [-0.15, -0.1) is 0 Å². The minimum Gasteiger partial charge on any atom is -0.486 e. The van der Waals surface area contributed by atoms with Crippen molar-refractivity contribution in [1.29, 1.82) is 0 Å². The lowest BCUT2D eigenvalue weighted by Crippen LogP contribution is -2.48. The highest BCUT2D eigenvalue weighted by Crippen LogP contribution is 2.30. The van der Waals surface area contributed by atoms with Crippen molar-refractivity contribution in [3.05, 3.63) is 24.3 Å². The lowest BCUT2D eigenvalue weighted by atomic mass is 10.1. The summed E-state index contributed by atoms with van der Waals surface area (Å²) in [6, 6.07) is 7.82. The Morgan fingerprint density at radius 2 is 1.83 bits per heavy atom. The number of likely N-dealkylation sites (tertiary alicyclic amines) is 1. The molecule has 1 fully saturated rings. The summed E-state index contributed by atoms with van der Waals surface area (Å²) in [5.74, 6) is 1.67. The van der Waals surface area contributed by atoms with E-state index in [9.17, 15) is 0 Å². The molecule has 1 atom stereocenters. The van der Waals surface area contributed by atoms with E-state index in [0.717, 1.165) is 24.5 Å². The molecule has 0 saturated carbocycles. The maximum Gasteiger partial charge on any atom is 0.161 e. The number of para-hydroxylation sites is 2. The first-order valence-electron chi connectivity index (χ1n) is 9.55. The van der Waals surface area contributed by atoms with E-state index < -0.39 is 0 Å². The molecule has 1 saturated heterocycles. The fraction of sp³-hybridized carbons (Fsp3) is 0.700. The maximum atomic E-state index is 5.90. The summed E-state index contributed by atoms with van der Waals surface area (Å²) in [6.07, 6.45) is 7.98. The standard InChI is InChI=1S/C20H32NO3/c1-21(12-6-2-7-13-21)14-8-3-9-15-22-16-18-17-23-19-10-4-5-11-20(19)24-18/h4-5,10-11,18H,2-3,6-9,12-17H2,1H3/q+1. The number of hydrogen-bond acceptors (Lipinski definition) is 3. The van der Waals surface area contributed by atoms with Crippen LogP contribution in [0.4, 0.5) is 0 Å². The van der Waals surface area contributed by atoms with E-state index in [2.05, 4.69) is 7.05 Å². The van der Waals surface area contributed by atoms with Crippen LogP contribution in [-0.2, 0) is 4.74 Å². The number of ether oxygens (including phenoxy) is 3. The summed E-state index contributed by atoms with van der Waals surface area (Å²) in [4.78, 5) is 0. The molecule has 0 N–H and O–H groups in total. The lowest BCUT2D eigenvalue weighted by Gasteiger charge is -2.37. The molecule has 24 heavy (non-hydrogen) atoms. The minimum atomic E-state index is 0.0118. The highest BCUT2D eigenvalue weighted by Gasteiger charge is 2.23. The third-order valence-corrected chi connectivity index (χ3v) is 5.25. The number of fused-ring (bicyclic) bond motifs is 1. The Balaban J connectivity index is 1.23. The van der Waals surface area contributed by atoms with Crippen LogP contribution in [-0.4, -0.2) is 57.1 Å². The summed E-state index contributed by atoms with van der Waals surface area (Å²) >= 11 is 0. The molecule has 1 aromatic rings. The van der Waals surface area contributed by atoms with Crippen molar-refractivity contribution < 1.29 is 18.7 Å². The second-order valence-corrected chi connectivity index (χ2v) is 7.48. The van der Waals surface area contributed by atoms with Gasteiger partial charge in [-0.2, -0.15) is 0 Å². The van der Waals surface area contributed by atoms with Crippen LogP contribution in [0.15, 0.2) is 24.3 Å². The molecule has 2 aliphatic heterocycles. The molecule has 1 unspecified atom stereocenters. The van der Waals surface area contributed by atoms with Gasteiger partial charge in [0.05, 0.1) is 33.3 Å². The molecular formula is C20H32NO3+. The normalized spacial score (nSPS) is 22.3. The number of rotatable bonds is 8. The molecule has 0 radical (unpaired) electrons. The van der Waals surface area contributed by atoms with Crippen LogP contribution in [0.3, 0.4) is 0 Å². The summed E-state index contributed by atoms with van der Waals surface area (Å²) in [5, 5.41) is 0. The molecule has 1 aromatic carbocycles. The van der Waals surface area contributed by atoms with Crippen LogP contribution in [0.2, 0.25) is 0 Å². The van der Waals surface area contributed by atoms with Crippen molar-refractivity contribution in [3.63, 3.8) is 0 Å². The number of unbranched alkanes of at least 4 members (excludes halogenated alkanes) is 2. The van der Waals surface area contributed by atoms with E-state index in [1.54, 1.807) is 0 Å². The van der Waals surface area contributed by atoms with Crippen molar-refractivity contribution in [3.8, 4) is 11.5 Å². The zero-order valence-electron chi connectivity index (χ0n) is 15.0. The van der Waals surface area contributed by atoms with Gasteiger partial charge in [0.2, 0.25) is 0 Å². The van der Waals surface area contributed by atoms with Gasteiger partial charge in [0.1, 0.15) is 6.61 Å². The number of benzene rings is 1. The van der Waals surface area contributed by atoms with Crippen molar-refractivity contribution in [1.82, 2.24) is 0 Å². The van der Waals surface area contributed by atoms with Crippen molar-refractivity contribution in [2.75, 3.05) is 46.5 Å². The Labute approximate surface area is 146 Å². The molecule has 4 heteroatoms. The summed E-state index contributed by atoms with van der Waals surface area (Å²) < 4.78 is 18.7. The smallest absolute Gasteiger partial charge is 0.161 e. The zero-order chi connectivity index (χ0) is 16.7. The van der Waals surface area contributed by atoms with Crippen LogP contribution in [0.25, 0.3) is 0 Å². The molecule has 2 heterocycles. The molecule has 0 bridgehead atoms. The van der Waals surface area contributed by atoms with Crippen molar-refractivity contribution >= 4 is 0 Å². The SMILES string of the molecule is C[N+]1(CCCCCOCC2COc3ccccc3O2)CCCCC1. The Bertz CT molecular complexity index is 499. The Hall–Kier alpha value is -1.26.